The lowest BCUT2D eigenvalue weighted by Crippen LogP contribution is -2.10. The van der Waals surface area contributed by atoms with Gasteiger partial charge in [0.1, 0.15) is 5.75 Å². The average molecular weight is 382 g/mol. The maximum absolute atomic E-state index is 12.0. The minimum atomic E-state index is -0.430. The molecule has 102 valence electrons. The highest BCUT2D eigenvalue weighted by Crippen LogP contribution is 2.17. The number of rotatable bonds is 3. The van der Waals surface area contributed by atoms with Crippen LogP contribution in [0.2, 0.25) is 0 Å². The fraction of sp³-hybridized carbons (Fsp3) is 0.0667. The Bertz CT molecular complexity index is 635. The molecule has 0 amide bonds. The summed E-state index contributed by atoms with van der Waals surface area (Å²) in [5, 5.41) is 0. The van der Waals surface area contributed by atoms with Gasteiger partial charge in [-0.05, 0) is 59.0 Å². The van der Waals surface area contributed by atoms with E-state index in [9.17, 15) is 9.59 Å². The number of halogens is 1. The normalized spacial score (nSPS) is 9.90. The summed E-state index contributed by atoms with van der Waals surface area (Å²) in [6, 6.07) is 13.4. The Morgan fingerprint density at radius 2 is 1.60 bits per heavy atom. The van der Waals surface area contributed by atoms with Gasteiger partial charge in [-0.3, -0.25) is 0 Å². The Morgan fingerprint density at radius 3 is 2.20 bits per heavy atom. The smallest absolute Gasteiger partial charge is 0.344 e. The highest BCUT2D eigenvalue weighted by atomic mass is 127. The second kappa shape index (κ2) is 6.51. The summed E-state index contributed by atoms with van der Waals surface area (Å²) in [7, 11) is 1.31. The predicted molar refractivity (Wildman–Crippen MR) is 81.9 cm³/mol. The topological polar surface area (TPSA) is 52.6 Å². The third-order valence-corrected chi connectivity index (χ3v) is 3.52. The van der Waals surface area contributed by atoms with Gasteiger partial charge in [-0.1, -0.05) is 12.1 Å². The summed E-state index contributed by atoms with van der Waals surface area (Å²) < 4.78 is 10.7. The molecular formula is C15H11IO4. The zero-order valence-corrected chi connectivity index (χ0v) is 12.8. The Morgan fingerprint density at radius 1 is 0.950 bits per heavy atom. The van der Waals surface area contributed by atoms with Crippen LogP contribution in [-0.2, 0) is 4.74 Å². The van der Waals surface area contributed by atoms with Crippen molar-refractivity contribution in [1.29, 1.82) is 0 Å². The molecule has 0 aliphatic carbocycles. The molecule has 0 saturated heterocycles. The number of hydrogen-bond donors (Lipinski definition) is 0. The molecular weight excluding hydrogens is 371 g/mol. The van der Waals surface area contributed by atoms with Gasteiger partial charge in [-0.25, -0.2) is 9.59 Å². The molecule has 5 heteroatoms. The lowest BCUT2D eigenvalue weighted by molar-refractivity contribution is 0.0600. The minimum Gasteiger partial charge on any atom is -0.465 e. The van der Waals surface area contributed by atoms with Crippen LogP contribution in [0.4, 0.5) is 0 Å². The van der Waals surface area contributed by atoms with Crippen molar-refractivity contribution in [1.82, 2.24) is 0 Å². The van der Waals surface area contributed by atoms with Gasteiger partial charge in [0, 0.05) is 3.57 Å². The van der Waals surface area contributed by atoms with E-state index in [1.165, 1.54) is 7.11 Å². The van der Waals surface area contributed by atoms with E-state index in [1.54, 1.807) is 36.4 Å². The molecule has 0 aliphatic heterocycles. The fourth-order valence-electron chi connectivity index (χ4n) is 1.57. The molecule has 0 N–H and O–H groups in total. The number of methoxy groups -OCH3 is 1. The molecule has 0 heterocycles. The van der Waals surface area contributed by atoms with Crippen molar-refractivity contribution in [3.05, 3.63) is 63.2 Å². The molecule has 2 aromatic rings. The molecule has 20 heavy (non-hydrogen) atoms. The van der Waals surface area contributed by atoms with Gasteiger partial charge in [0.25, 0.3) is 0 Å². The maximum Gasteiger partial charge on any atom is 0.344 e. The van der Waals surface area contributed by atoms with Gasteiger partial charge in [-0.2, -0.15) is 0 Å². The van der Waals surface area contributed by atoms with Gasteiger partial charge in [0.2, 0.25) is 0 Å². The first kappa shape index (κ1) is 14.5. The molecule has 0 unspecified atom stereocenters. The van der Waals surface area contributed by atoms with E-state index in [2.05, 4.69) is 27.3 Å². The quantitative estimate of drug-likeness (QED) is 0.465. The Kier molecular flexibility index (Phi) is 4.73. The molecule has 2 rings (SSSR count). The molecule has 0 bridgehead atoms. The van der Waals surface area contributed by atoms with Gasteiger partial charge in [-0.15, -0.1) is 0 Å². The van der Waals surface area contributed by atoms with Crippen LogP contribution in [0, 0.1) is 3.57 Å². The molecule has 4 nitrogen and oxygen atoms in total. The third kappa shape index (κ3) is 3.36. The van der Waals surface area contributed by atoms with Crippen molar-refractivity contribution in [3.8, 4) is 5.75 Å². The summed E-state index contributed by atoms with van der Waals surface area (Å²) in [6.07, 6.45) is 0. The second-order valence-electron chi connectivity index (χ2n) is 3.89. The monoisotopic (exact) mass is 382 g/mol. The second-order valence-corrected chi connectivity index (χ2v) is 5.05. The van der Waals surface area contributed by atoms with Gasteiger partial charge in [0.15, 0.2) is 0 Å². The highest BCUT2D eigenvalue weighted by molar-refractivity contribution is 14.1. The van der Waals surface area contributed by atoms with Crippen LogP contribution in [0.25, 0.3) is 0 Å². The number of hydrogen-bond acceptors (Lipinski definition) is 4. The molecule has 0 aromatic heterocycles. The third-order valence-electron chi connectivity index (χ3n) is 2.58. The molecule has 0 spiro atoms. The Hall–Kier alpha value is -1.89. The summed E-state index contributed by atoms with van der Waals surface area (Å²) in [5.74, 6) is -0.483. The van der Waals surface area contributed by atoms with E-state index in [1.807, 2.05) is 12.1 Å². The number of carbonyl (C=O) groups excluding carboxylic acids is 2. The predicted octanol–water partition coefficient (Wildman–Crippen LogP) is 3.30. The van der Waals surface area contributed by atoms with E-state index in [4.69, 9.17) is 4.74 Å². The molecule has 0 aliphatic rings. The van der Waals surface area contributed by atoms with Gasteiger partial charge < -0.3 is 9.47 Å². The average Bonchev–Trinajstić information content (AvgIpc) is 2.47. The molecule has 0 fully saturated rings. The van der Waals surface area contributed by atoms with Crippen LogP contribution in [0.3, 0.4) is 0 Å². The van der Waals surface area contributed by atoms with E-state index in [-0.39, 0.29) is 0 Å². The first-order valence-electron chi connectivity index (χ1n) is 5.77. The van der Waals surface area contributed by atoms with Crippen molar-refractivity contribution in [2.45, 2.75) is 0 Å². The van der Waals surface area contributed by atoms with Crippen LogP contribution in [-0.4, -0.2) is 19.0 Å². The Balaban J connectivity index is 2.13. The molecule has 2 aromatic carbocycles. The largest absolute Gasteiger partial charge is 0.465 e. The summed E-state index contributed by atoms with van der Waals surface area (Å²) in [4.78, 5) is 23.3. The van der Waals surface area contributed by atoms with E-state index < -0.39 is 11.9 Å². The zero-order chi connectivity index (χ0) is 14.5. The van der Waals surface area contributed by atoms with Crippen molar-refractivity contribution >= 4 is 34.5 Å². The first-order chi connectivity index (χ1) is 9.61. The van der Waals surface area contributed by atoms with E-state index in [0.29, 0.717) is 16.9 Å². The van der Waals surface area contributed by atoms with Crippen molar-refractivity contribution in [2.24, 2.45) is 0 Å². The van der Waals surface area contributed by atoms with Crippen LogP contribution in [0.1, 0.15) is 20.7 Å². The van der Waals surface area contributed by atoms with Crippen molar-refractivity contribution in [2.75, 3.05) is 7.11 Å². The zero-order valence-electron chi connectivity index (χ0n) is 10.6. The fourth-order valence-corrected chi connectivity index (χ4v) is 2.17. The lowest BCUT2D eigenvalue weighted by Gasteiger charge is -2.06. The molecule has 0 saturated carbocycles. The summed E-state index contributed by atoms with van der Waals surface area (Å²) in [5.41, 5.74) is 0.909. The van der Waals surface area contributed by atoms with Crippen molar-refractivity contribution in [3.63, 3.8) is 0 Å². The van der Waals surface area contributed by atoms with Gasteiger partial charge >= 0.3 is 11.9 Å². The van der Waals surface area contributed by atoms with Crippen LogP contribution in [0.5, 0.6) is 5.75 Å². The SMILES string of the molecule is COC(=O)c1ccc(OC(=O)c2ccccc2I)cc1. The number of benzene rings is 2. The van der Waals surface area contributed by atoms with Crippen LogP contribution in [0.15, 0.2) is 48.5 Å². The van der Waals surface area contributed by atoms with E-state index >= 15 is 0 Å². The first-order valence-corrected chi connectivity index (χ1v) is 6.85. The van der Waals surface area contributed by atoms with E-state index in [0.717, 1.165) is 3.57 Å². The Labute approximate surface area is 129 Å². The maximum atomic E-state index is 12.0. The summed E-state index contributed by atoms with van der Waals surface area (Å²) >= 11 is 2.08. The number of carbonyl (C=O) groups is 2. The number of ether oxygens (including phenoxy) is 2. The lowest BCUT2D eigenvalue weighted by atomic mass is 10.2. The molecule has 0 atom stereocenters. The minimum absolute atomic E-state index is 0.377. The standard InChI is InChI=1S/C15H11IO4/c1-19-14(17)10-6-8-11(9-7-10)20-15(18)12-4-2-3-5-13(12)16/h2-9H,1H3. The number of esters is 2. The van der Waals surface area contributed by atoms with Crippen LogP contribution < -0.4 is 4.74 Å². The molecule has 0 radical (unpaired) electrons. The van der Waals surface area contributed by atoms with Crippen molar-refractivity contribution < 1.29 is 19.1 Å². The summed E-state index contributed by atoms with van der Waals surface area (Å²) in [6.45, 7) is 0. The van der Waals surface area contributed by atoms with Gasteiger partial charge in [0.05, 0.1) is 18.2 Å². The highest BCUT2D eigenvalue weighted by Gasteiger charge is 2.12. The van der Waals surface area contributed by atoms with Crippen LogP contribution >= 0.6 is 22.6 Å².